The van der Waals surface area contributed by atoms with Crippen molar-refractivity contribution >= 4 is 112 Å². The van der Waals surface area contributed by atoms with E-state index in [0.717, 1.165) is 23.3 Å². The molecule has 37 nitrogen and oxygen atoms in total. The predicted octanol–water partition coefficient (Wildman–Crippen LogP) is -0.486. The number of benzene rings is 1. The van der Waals surface area contributed by atoms with Crippen molar-refractivity contribution in [1.82, 2.24) is 51.4 Å². The lowest BCUT2D eigenvalue weighted by atomic mass is 9.51. The number of carbonyl (C=O) groups excluding carboxylic acids is 10. The van der Waals surface area contributed by atoms with E-state index in [1.54, 1.807) is 7.11 Å². The van der Waals surface area contributed by atoms with Gasteiger partial charge in [-0.2, -0.15) is 4.98 Å². The van der Waals surface area contributed by atoms with E-state index in [-0.39, 0.29) is 60.6 Å². The van der Waals surface area contributed by atoms with Crippen LogP contribution in [-0.2, 0) is 97.2 Å². The molecule has 9 rings (SSSR count). The highest BCUT2D eigenvalue weighted by molar-refractivity contribution is 8.00. The van der Waals surface area contributed by atoms with E-state index in [1.165, 1.54) is 51.2 Å². The zero-order valence-electron chi connectivity index (χ0n) is 60.0. The highest BCUT2D eigenvalue weighted by Crippen LogP contribution is 2.73. The largest absolute Gasteiger partial charge is 0.481 e. The van der Waals surface area contributed by atoms with Gasteiger partial charge in [-0.1, -0.05) is 26.8 Å². The Balaban J connectivity index is 0.000000286. The minimum Gasteiger partial charge on any atom is -0.481 e. The Labute approximate surface area is 611 Å². The monoisotopic (exact) mass is 1510 g/mol. The van der Waals surface area contributed by atoms with Crippen LogP contribution in [0.5, 0.6) is 0 Å². The molecule has 2 bridgehead atoms. The maximum Gasteiger partial charge on any atom is 0.327 e. The lowest BCUT2D eigenvalue weighted by molar-refractivity contribution is -0.288. The van der Waals surface area contributed by atoms with Gasteiger partial charge in [0.05, 0.1) is 60.2 Å². The van der Waals surface area contributed by atoms with E-state index in [0.29, 0.717) is 55.1 Å². The van der Waals surface area contributed by atoms with Gasteiger partial charge in [-0.15, -0.1) is 11.8 Å². The van der Waals surface area contributed by atoms with Crippen LogP contribution >= 0.6 is 11.8 Å². The van der Waals surface area contributed by atoms with E-state index < -0.39 is 197 Å². The molecule has 13 atom stereocenters. The molecule has 14 N–H and O–H groups in total. The highest BCUT2D eigenvalue weighted by Gasteiger charge is 2.87. The number of esters is 3. The number of carboxylic acids is 3. The molecule has 38 heteroatoms. The van der Waals surface area contributed by atoms with Gasteiger partial charge in [0.15, 0.2) is 17.0 Å². The molecule has 2 aromatic heterocycles. The van der Waals surface area contributed by atoms with Crippen LogP contribution in [0.2, 0.25) is 0 Å². The van der Waals surface area contributed by atoms with Crippen LogP contribution in [-0.4, -0.2) is 241 Å². The van der Waals surface area contributed by atoms with E-state index in [1.807, 2.05) is 40.8 Å². The van der Waals surface area contributed by atoms with Crippen molar-refractivity contribution < 1.29 is 111 Å². The maximum atomic E-state index is 13.1. The number of carbonyl (C=O) groups is 13. The second kappa shape index (κ2) is 34.8. The van der Waals surface area contributed by atoms with Crippen molar-refractivity contribution in [3.63, 3.8) is 0 Å². The molecule has 6 aliphatic rings. The summed E-state index contributed by atoms with van der Waals surface area (Å²) in [4.78, 5) is 189. The first-order chi connectivity index (χ1) is 50.0. The third kappa shape index (κ3) is 19.0. The van der Waals surface area contributed by atoms with E-state index >= 15 is 0 Å². The number of H-pyrrole nitrogens is 1. The molecule has 3 aromatic rings. The average Bonchev–Trinajstić information content (AvgIpc) is 1.04. The van der Waals surface area contributed by atoms with Gasteiger partial charge >= 0.3 is 35.8 Å². The van der Waals surface area contributed by atoms with Crippen LogP contribution in [0.3, 0.4) is 0 Å². The van der Waals surface area contributed by atoms with Crippen molar-refractivity contribution in [2.24, 2.45) is 22.5 Å². The number of aromatic nitrogens is 4. The molecule has 5 fully saturated rings. The summed E-state index contributed by atoms with van der Waals surface area (Å²) in [6.45, 7) is 11.2. The number of aromatic amines is 1. The Hall–Kier alpha value is -9.60. The number of nitrogens with zero attached hydrogens (tertiary/aromatic N) is 4. The van der Waals surface area contributed by atoms with Gasteiger partial charge in [0.25, 0.3) is 11.5 Å². The molecule has 578 valence electrons. The van der Waals surface area contributed by atoms with Gasteiger partial charge in [0.1, 0.15) is 66.6 Å². The molecule has 106 heavy (non-hydrogen) atoms. The first-order valence-corrected chi connectivity index (χ1v) is 35.3. The van der Waals surface area contributed by atoms with Crippen molar-refractivity contribution in [3.05, 3.63) is 63.7 Å². The van der Waals surface area contributed by atoms with Gasteiger partial charge < -0.3 is 91.8 Å². The minimum absolute atomic E-state index is 0.0145. The summed E-state index contributed by atoms with van der Waals surface area (Å²) < 4.78 is 44.3. The number of nitrogen functional groups attached to an aromatic ring is 1. The molecule has 2 saturated carbocycles. The number of ketones is 1. The van der Waals surface area contributed by atoms with Crippen LogP contribution in [0.1, 0.15) is 129 Å². The maximum absolute atomic E-state index is 13.1. The first kappa shape index (κ1) is 82.1. The number of likely N-dealkylation sites (tertiary alicyclic amines) is 1. The number of epoxide rings is 1. The molecule has 3 aliphatic carbocycles. The molecular weight excluding hydrogens is 1410 g/mol. The number of imide groups is 1. The Morgan fingerprint density at radius 1 is 0.858 bits per heavy atom. The molecule has 0 radical (unpaired) electrons. The zero-order valence-corrected chi connectivity index (χ0v) is 60.8. The second-order valence-electron chi connectivity index (χ2n) is 27.6. The van der Waals surface area contributed by atoms with Crippen LogP contribution in [0, 0.1) is 16.7 Å². The molecule has 6 amide bonds. The fraction of sp³-hybridized carbons (Fsp3) is 0.603. The average molecular weight is 1510 g/mol. The number of nitrogens with two attached hydrogens (primary N) is 2. The normalized spacial score (nSPS) is 26.7. The quantitative estimate of drug-likeness (QED) is 0.00914. The number of amides is 6. The zero-order chi connectivity index (χ0) is 77.9. The number of hydrogen-bond acceptors (Lipinski definition) is 29. The Morgan fingerprint density at radius 2 is 1.52 bits per heavy atom. The first-order valence-electron chi connectivity index (χ1n) is 34.3. The van der Waals surface area contributed by atoms with E-state index in [2.05, 4.69) is 51.8 Å². The fourth-order valence-corrected chi connectivity index (χ4v) is 15.2. The topological polar surface area (TPSA) is 550 Å². The smallest absolute Gasteiger partial charge is 0.327 e. The number of carboxylic acid groups (broad SMARTS) is 3. The highest BCUT2D eigenvalue weighted by atomic mass is 32.2. The summed E-state index contributed by atoms with van der Waals surface area (Å²) in [7, 11) is 3.61. The van der Waals surface area contributed by atoms with Gasteiger partial charge in [0, 0.05) is 89.1 Å². The summed E-state index contributed by atoms with van der Waals surface area (Å²) >= 11 is 0.709. The van der Waals surface area contributed by atoms with Crippen molar-refractivity contribution in [2.45, 2.75) is 197 Å². The lowest BCUT2D eigenvalue weighted by Gasteiger charge is -2.58. The Morgan fingerprint density at radius 3 is 2.10 bits per heavy atom. The van der Waals surface area contributed by atoms with Gasteiger partial charge in [0.2, 0.25) is 35.5 Å². The summed E-state index contributed by atoms with van der Waals surface area (Å²) in [5.74, 6) is -13.2. The van der Waals surface area contributed by atoms with E-state index in [9.17, 15) is 82.4 Å². The van der Waals surface area contributed by atoms with Crippen molar-refractivity contribution in [3.8, 4) is 0 Å². The van der Waals surface area contributed by atoms with Crippen molar-refractivity contribution in [2.75, 3.05) is 57.3 Å². The van der Waals surface area contributed by atoms with Gasteiger partial charge in [-0.3, -0.25) is 67.4 Å². The Kier molecular flexibility index (Phi) is 26.9. The Bertz CT molecular complexity index is 3960. The molecule has 3 aliphatic heterocycles. The summed E-state index contributed by atoms with van der Waals surface area (Å²) in [6.07, 6.45) is 1.39. The SMILES string of the molecule is CC(=O)CN1C(=O)CC(SC[C@H](NC(=O)[C@H](CC(=O)O)NC(=O)[C@H](CN)NC(=O)CC[C@H](NC(=O)c2ccc(NCc3cnc4nc(N)[nH]c(=O)c4n3)cc2)C(=O)O)C(=O)O)C1=O.CNC1CCC(OC)(O[C@@H]2[C@@H](OC(C)=O)[C@]3(C)[C@@]4(COC(C)=O)C[C@H](OC(=O)CC(C)C)C(C)=C[C@H]4O[C@H]2[C@@]32CO2)CC1. The number of ether oxygens (including phenoxy) is 7. The van der Waals surface area contributed by atoms with Crippen molar-refractivity contribution in [1.29, 1.82) is 0 Å². The number of anilines is 2. The molecular formula is C68H91N13O24S. The fourth-order valence-electron chi connectivity index (χ4n) is 14.1. The molecule has 1 unspecified atom stereocenters. The van der Waals surface area contributed by atoms with Crippen LogP contribution in [0.25, 0.3) is 11.2 Å². The lowest BCUT2D eigenvalue weighted by Crippen LogP contribution is -2.68. The van der Waals surface area contributed by atoms with E-state index in [4.69, 9.17) is 44.6 Å². The number of hydrogen-bond donors (Lipinski definition) is 12. The van der Waals surface area contributed by atoms with Gasteiger partial charge in [-0.05, 0) is 75.9 Å². The number of aliphatic carboxylic acids is 3. The molecule has 3 saturated heterocycles. The molecule has 1 spiro atoms. The number of methoxy groups -OCH3 is 1. The number of Topliss-reactive ketones (excluding diaryl/α,β-unsaturated/α-hetero) is 1. The third-order valence-corrected chi connectivity index (χ3v) is 21.1. The second-order valence-corrected chi connectivity index (χ2v) is 28.8. The van der Waals surface area contributed by atoms with Gasteiger partial charge in [-0.25, -0.2) is 19.6 Å². The molecule has 5 heterocycles. The standard InChI is InChI=1S/C36H42N12O14S.C32H49NO10/c1-15(49)13-48-25(51)9-23(33(48)58)63-14-22(35(61)62)45-30(55)20(8-26(52)53)44-31(56)21(10-37)42-24(50)7-6-19(34(59)60)43-29(54)16-2-4-17(5-3-16)39-11-18-12-40-28-27(41-18)32(57)47-36(38)46-28;1-18(2)13-25(36)41-23-15-30(16-38-20(4)34)24(14-19(23)3)42-28-26(43-31(37-8)11-9-22(33-7)10-12-31)27(40-21(5)35)29(30,6)32(28)17-39-32/h2-5,12,19-23,39H,6-11,13-14,37H2,1H3,(H,42,50)(H,43,54)(H,44,56)(H,45,55)(H,52,53)(H,59,60)(H,61,62)(H3,38,40,46,47,57);14,18,22-24,26-28,33H,9-13,15-17H2,1-8H3/t19-,20-,21-,22-,23?;22?,23-,24+,26+,27+,28+,29+,30+,31?,32-/m00/s1. The predicted molar refractivity (Wildman–Crippen MR) is 371 cm³/mol. The summed E-state index contributed by atoms with van der Waals surface area (Å²) in [5, 5.41) is 42.9. The minimum atomic E-state index is -1.89. The summed E-state index contributed by atoms with van der Waals surface area (Å²) in [6, 6.07) is -0.613. The summed E-state index contributed by atoms with van der Waals surface area (Å²) in [5.41, 5.74) is 9.72. The third-order valence-electron chi connectivity index (χ3n) is 19.8. The number of thioether (sulfide) groups is 1. The van der Waals surface area contributed by atoms with Crippen LogP contribution < -0.4 is 48.9 Å². The van der Waals surface area contributed by atoms with Crippen LogP contribution in [0.4, 0.5) is 11.6 Å². The number of rotatable bonds is 33. The van der Waals surface area contributed by atoms with Crippen LogP contribution in [0.15, 0.2) is 46.9 Å². The number of fused-ring (bicyclic) bond motifs is 3. The molecule has 1 aromatic carbocycles. The number of nitrogens with one attached hydrogen (secondary N) is 7.